The van der Waals surface area contributed by atoms with Crippen LogP contribution in [0.4, 0.5) is 5.69 Å². The zero-order valence-electron chi connectivity index (χ0n) is 9.22. The number of amides is 1. The fourth-order valence-electron chi connectivity index (χ4n) is 1.60. The number of carbonyl (C=O) groups excluding carboxylic acids is 1. The van der Waals surface area contributed by atoms with Crippen LogP contribution in [0, 0.1) is 0 Å². The van der Waals surface area contributed by atoms with Crippen molar-refractivity contribution in [1.29, 1.82) is 0 Å². The molecule has 0 bridgehead atoms. The second kappa shape index (κ2) is 5.05. The number of morpholine rings is 1. The van der Waals surface area contributed by atoms with Crippen LogP contribution in [0.15, 0.2) is 24.5 Å². The first-order chi connectivity index (χ1) is 7.75. The average molecular weight is 221 g/mol. The fourth-order valence-corrected chi connectivity index (χ4v) is 1.60. The first-order valence-corrected chi connectivity index (χ1v) is 5.27. The smallest absolute Gasteiger partial charge is 0.254 e. The van der Waals surface area contributed by atoms with E-state index < -0.39 is 0 Å². The third-order valence-electron chi connectivity index (χ3n) is 2.49. The predicted octanol–water partition coefficient (Wildman–Crippen LogP) is 0.351. The highest BCUT2D eigenvalue weighted by Gasteiger charge is 2.24. The first-order valence-electron chi connectivity index (χ1n) is 5.27. The second-order valence-electron chi connectivity index (χ2n) is 3.85. The molecule has 0 radical (unpaired) electrons. The van der Waals surface area contributed by atoms with Crippen molar-refractivity contribution in [3.63, 3.8) is 0 Å². The predicted molar refractivity (Wildman–Crippen MR) is 60.1 cm³/mol. The fraction of sp³-hybridized carbons (Fsp3) is 0.455. The summed E-state index contributed by atoms with van der Waals surface area (Å²) in [6, 6.07) is 3.58. The minimum Gasteiger partial charge on any atom is -0.366 e. The molecule has 86 valence electrons. The van der Waals surface area contributed by atoms with Gasteiger partial charge in [-0.05, 0) is 19.2 Å². The molecule has 1 aliphatic heterocycles. The maximum atomic E-state index is 11.8. The molecule has 1 fully saturated rings. The topological polar surface area (TPSA) is 54.5 Å². The lowest BCUT2D eigenvalue weighted by Crippen LogP contribution is -2.46. The molecule has 0 saturated carbocycles. The summed E-state index contributed by atoms with van der Waals surface area (Å²) in [6.07, 6.45) is 2.89. The van der Waals surface area contributed by atoms with Crippen LogP contribution in [0.3, 0.4) is 0 Å². The van der Waals surface area contributed by atoms with E-state index in [0.717, 1.165) is 6.54 Å². The second-order valence-corrected chi connectivity index (χ2v) is 3.85. The number of hydrogen-bond acceptors (Lipinski definition) is 4. The SMILES string of the molecule is CN1CCOC(C(=O)Nc2cccnc2)C1. The first kappa shape index (κ1) is 11.0. The monoisotopic (exact) mass is 221 g/mol. The Morgan fingerprint density at radius 3 is 3.25 bits per heavy atom. The van der Waals surface area contributed by atoms with Crippen LogP contribution >= 0.6 is 0 Å². The molecule has 0 aromatic carbocycles. The standard InChI is InChI=1S/C11H15N3O2/c1-14-5-6-16-10(8-14)11(15)13-9-3-2-4-12-7-9/h2-4,7,10H,5-6,8H2,1H3,(H,13,15). The van der Waals surface area contributed by atoms with Gasteiger partial charge < -0.3 is 15.0 Å². The number of nitrogens with zero attached hydrogens (tertiary/aromatic N) is 2. The van der Waals surface area contributed by atoms with Gasteiger partial charge in [-0.3, -0.25) is 9.78 Å². The number of ether oxygens (including phenoxy) is 1. The number of nitrogens with one attached hydrogen (secondary N) is 1. The highest BCUT2D eigenvalue weighted by Crippen LogP contribution is 2.08. The minimum atomic E-state index is -0.390. The molecule has 5 heteroatoms. The van der Waals surface area contributed by atoms with Gasteiger partial charge in [0.15, 0.2) is 0 Å². The van der Waals surface area contributed by atoms with Crippen molar-refractivity contribution >= 4 is 11.6 Å². The Balaban J connectivity index is 1.93. The van der Waals surface area contributed by atoms with Crippen molar-refractivity contribution in [3.8, 4) is 0 Å². The van der Waals surface area contributed by atoms with Gasteiger partial charge in [0.1, 0.15) is 6.10 Å². The highest BCUT2D eigenvalue weighted by molar-refractivity contribution is 5.94. The largest absolute Gasteiger partial charge is 0.366 e. The normalized spacial score (nSPS) is 21.7. The molecule has 1 N–H and O–H groups in total. The number of aromatic nitrogens is 1. The van der Waals surface area contributed by atoms with E-state index in [1.807, 2.05) is 7.05 Å². The van der Waals surface area contributed by atoms with Gasteiger partial charge in [0.05, 0.1) is 18.5 Å². The van der Waals surface area contributed by atoms with E-state index in [4.69, 9.17) is 4.74 Å². The molecule has 2 heterocycles. The van der Waals surface area contributed by atoms with Crippen LogP contribution in [0.2, 0.25) is 0 Å². The molecular weight excluding hydrogens is 206 g/mol. The van der Waals surface area contributed by atoms with Crippen molar-refractivity contribution in [1.82, 2.24) is 9.88 Å². The number of hydrogen-bond donors (Lipinski definition) is 1. The average Bonchev–Trinajstić information content (AvgIpc) is 2.30. The summed E-state index contributed by atoms with van der Waals surface area (Å²) >= 11 is 0. The third kappa shape index (κ3) is 2.77. The van der Waals surface area contributed by atoms with Crippen LogP contribution in [0.25, 0.3) is 0 Å². The van der Waals surface area contributed by atoms with Gasteiger partial charge in [-0.1, -0.05) is 0 Å². The number of pyridine rings is 1. The molecule has 1 saturated heterocycles. The van der Waals surface area contributed by atoms with Gasteiger partial charge >= 0.3 is 0 Å². The van der Waals surface area contributed by atoms with E-state index in [1.54, 1.807) is 24.5 Å². The summed E-state index contributed by atoms with van der Waals surface area (Å²) in [5, 5.41) is 2.78. The molecule has 0 aliphatic carbocycles. The van der Waals surface area contributed by atoms with E-state index in [1.165, 1.54) is 0 Å². The molecule has 0 spiro atoms. The van der Waals surface area contributed by atoms with E-state index in [0.29, 0.717) is 18.8 Å². The summed E-state index contributed by atoms with van der Waals surface area (Å²) in [6.45, 7) is 2.10. The molecule has 1 amide bonds. The Bertz CT molecular complexity index is 356. The Morgan fingerprint density at radius 1 is 1.69 bits per heavy atom. The van der Waals surface area contributed by atoms with Crippen LogP contribution in [-0.4, -0.2) is 48.6 Å². The quantitative estimate of drug-likeness (QED) is 0.783. The van der Waals surface area contributed by atoms with E-state index in [-0.39, 0.29) is 12.0 Å². The lowest BCUT2D eigenvalue weighted by Gasteiger charge is -2.28. The van der Waals surface area contributed by atoms with Crippen molar-refractivity contribution in [2.45, 2.75) is 6.10 Å². The molecular formula is C11H15N3O2. The zero-order valence-corrected chi connectivity index (χ0v) is 9.22. The van der Waals surface area contributed by atoms with E-state index >= 15 is 0 Å². The maximum absolute atomic E-state index is 11.8. The van der Waals surface area contributed by atoms with Gasteiger partial charge in [-0.15, -0.1) is 0 Å². The number of carbonyl (C=O) groups is 1. The molecule has 1 aromatic heterocycles. The third-order valence-corrected chi connectivity index (χ3v) is 2.49. The molecule has 2 rings (SSSR count). The van der Waals surface area contributed by atoms with Crippen molar-refractivity contribution < 1.29 is 9.53 Å². The number of rotatable bonds is 2. The zero-order chi connectivity index (χ0) is 11.4. The van der Waals surface area contributed by atoms with Crippen LogP contribution in [-0.2, 0) is 9.53 Å². The van der Waals surface area contributed by atoms with Crippen molar-refractivity contribution in [3.05, 3.63) is 24.5 Å². The summed E-state index contributed by atoms with van der Waals surface area (Å²) < 4.78 is 5.41. The summed E-state index contributed by atoms with van der Waals surface area (Å²) in [4.78, 5) is 17.8. The highest BCUT2D eigenvalue weighted by atomic mass is 16.5. The number of likely N-dealkylation sites (N-methyl/N-ethyl adjacent to an activating group) is 1. The van der Waals surface area contributed by atoms with Crippen LogP contribution in [0.5, 0.6) is 0 Å². The maximum Gasteiger partial charge on any atom is 0.254 e. The Morgan fingerprint density at radius 2 is 2.56 bits per heavy atom. The van der Waals surface area contributed by atoms with Gasteiger partial charge in [0.2, 0.25) is 0 Å². The molecule has 1 atom stereocenters. The Kier molecular flexibility index (Phi) is 3.48. The minimum absolute atomic E-state index is 0.112. The van der Waals surface area contributed by atoms with Crippen molar-refractivity contribution in [2.24, 2.45) is 0 Å². The molecule has 1 unspecified atom stereocenters. The van der Waals surface area contributed by atoms with Crippen LogP contribution in [0.1, 0.15) is 0 Å². The summed E-state index contributed by atoms with van der Waals surface area (Å²) in [7, 11) is 1.98. The molecule has 1 aliphatic rings. The molecule has 1 aromatic rings. The summed E-state index contributed by atoms with van der Waals surface area (Å²) in [5.74, 6) is -0.112. The van der Waals surface area contributed by atoms with Crippen molar-refractivity contribution in [2.75, 3.05) is 32.1 Å². The van der Waals surface area contributed by atoms with E-state index in [9.17, 15) is 4.79 Å². The molecule has 5 nitrogen and oxygen atoms in total. The molecule has 16 heavy (non-hydrogen) atoms. The van der Waals surface area contributed by atoms with Crippen LogP contribution < -0.4 is 5.32 Å². The van der Waals surface area contributed by atoms with Gasteiger partial charge in [-0.25, -0.2) is 0 Å². The van der Waals surface area contributed by atoms with Gasteiger partial charge in [0.25, 0.3) is 5.91 Å². The Labute approximate surface area is 94.4 Å². The Hall–Kier alpha value is -1.46. The van der Waals surface area contributed by atoms with Gasteiger partial charge in [-0.2, -0.15) is 0 Å². The van der Waals surface area contributed by atoms with Gasteiger partial charge in [0, 0.05) is 19.3 Å². The lowest BCUT2D eigenvalue weighted by atomic mass is 10.2. The van der Waals surface area contributed by atoms with E-state index in [2.05, 4.69) is 15.2 Å². The number of anilines is 1. The lowest BCUT2D eigenvalue weighted by molar-refractivity contribution is -0.132. The summed E-state index contributed by atoms with van der Waals surface area (Å²) in [5.41, 5.74) is 0.698.